The average Bonchev–Trinajstić information content (AvgIpc) is 2.65. The number of aromatic nitrogens is 1. The maximum absolute atomic E-state index is 12.1. The second kappa shape index (κ2) is 8.77. The molecule has 0 saturated heterocycles. The van der Waals surface area contributed by atoms with E-state index in [1.54, 1.807) is 43.3 Å². The number of amides is 1. The second-order valence-corrected chi connectivity index (χ2v) is 7.42. The molecule has 1 amide bonds. The Labute approximate surface area is 167 Å². The van der Waals surface area contributed by atoms with Gasteiger partial charge in [-0.25, -0.2) is 4.98 Å². The van der Waals surface area contributed by atoms with Gasteiger partial charge in [0.15, 0.2) is 0 Å². The zero-order valence-electron chi connectivity index (χ0n) is 15.2. The van der Waals surface area contributed by atoms with E-state index in [1.807, 2.05) is 6.92 Å². The van der Waals surface area contributed by atoms with Gasteiger partial charge in [0.25, 0.3) is 0 Å². The van der Waals surface area contributed by atoms with Crippen LogP contribution in [-0.2, 0) is 11.2 Å². The lowest BCUT2D eigenvalue weighted by molar-refractivity contribution is -0.117. The van der Waals surface area contributed by atoms with E-state index in [0.717, 1.165) is 11.8 Å². The summed E-state index contributed by atoms with van der Waals surface area (Å²) in [6.45, 7) is 1.87. The van der Waals surface area contributed by atoms with E-state index in [4.69, 9.17) is 17.3 Å². The molecule has 2 aromatic rings. The van der Waals surface area contributed by atoms with Crippen LogP contribution in [0.15, 0.2) is 29.3 Å². The molecule has 0 aliphatic rings. The number of rotatable bonds is 6. The van der Waals surface area contributed by atoms with Gasteiger partial charge in [-0.15, -0.1) is 0 Å². The first-order valence-corrected chi connectivity index (χ1v) is 9.35. The number of nitriles is 2. The predicted molar refractivity (Wildman–Crippen MR) is 107 cm³/mol. The number of nitrogens with two attached hydrogens (primary N) is 1. The fraction of sp³-hybridized carbons (Fsp3) is 0.263. The van der Waals surface area contributed by atoms with Crippen molar-refractivity contribution in [3.63, 3.8) is 0 Å². The fourth-order valence-corrected chi connectivity index (χ4v) is 3.82. The van der Waals surface area contributed by atoms with Crippen LogP contribution in [0.1, 0.15) is 34.4 Å². The summed E-state index contributed by atoms with van der Waals surface area (Å²) in [5.74, 6) is -0.1000. The van der Waals surface area contributed by atoms with Crippen molar-refractivity contribution in [3.8, 4) is 12.1 Å². The Kier molecular flexibility index (Phi) is 6.68. The Hall–Kier alpha value is -2.74. The van der Waals surface area contributed by atoms with Crippen molar-refractivity contribution >= 4 is 35.1 Å². The molecule has 1 unspecified atom stereocenters. The number of benzene rings is 1. The van der Waals surface area contributed by atoms with Crippen LogP contribution in [0.5, 0.6) is 0 Å². The lowest BCUT2D eigenvalue weighted by atomic mass is 10.0. The number of pyridine rings is 1. The summed E-state index contributed by atoms with van der Waals surface area (Å²) < 4.78 is 0. The summed E-state index contributed by atoms with van der Waals surface area (Å²) in [5.41, 5.74) is 7.54. The molecule has 8 heteroatoms. The van der Waals surface area contributed by atoms with Gasteiger partial charge in [-0.1, -0.05) is 42.4 Å². The standard InChI is InChI=1S/C19H18ClN5OS/c1-4-13-14(9-21)18(25(2)3)24-19(15(13)10-22)27-16(17(23)26)11-5-7-12(20)8-6-11/h5-8,16H,4H2,1-3H3,(H2,23,26). The molecule has 138 valence electrons. The second-order valence-electron chi connectivity index (χ2n) is 5.89. The van der Waals surface area contributed by atoms with Gasteiger partial charge in [-0.2, -0.15) is 10.5 Å². The van der Waals surface area contributed by atoms with Gasteiger partial charge in [0.1, 0.15) is 28.2 Å². The molecule has 0 saturated carbocycles. The van der Waals surface area contributed by atoms with Crippen molar-refractivity contribution in [2.75, 3.05) is 19.0 Å². The summed E-state index contributed by atoms with van der Waals surface area (Å²) in [4.78, 5) is 18.3. The Morgan fingerprint density at radius 3 is 2.30 bits per heavy atom. The van der Waals surface area contributed by atoms with Crippen molar-refractivity contribution in [2.24, 2.45) is 5.73 Å². The lowest BCUT2D eigenvalue weighted by Gasteiger charge is -2.20. The summed E-state index contributed by atoms with van der Waals surface area (Å²) >= 11 is 7.02. The SMILES string of the molecule is CCc1c(C#N)c(SC(C(N)=O)c2ccc(Cl)cc2)nc(N(C)C)c1C#N. The molecule has 1 heterocycles. The van der Waals surface area contributed by atoms with Crippen molar-refractivity contribution in [3.05, 3.63) is 51.5 Å². The van der Waals surface area contributed by atoms with E-state index in [2.05, 4.69) is 17.1 Å². The van der Waals surface area contributed by atoms with Crippen molar-refractivity contribution in [2.45, 2.75) is 23.6 Å². The van der Waals surface area contributed by atoms with Gasteiger partial charge in [0, 0.05) is 19.1 Å². The number of anilines is 1. The van der Waals surface area contributed by atoms with Crippen LogP contribution in [0.3, 0.4) is 0 Å². The van der Waals surface area contributed by atoms with E-state index in [0.29, 0.717) is 44.5 Å². The van der Waals surface area contributed by atoms with Gasteiger partial charge < -0.3 is 10.6 Å². The van der Waals surface area contributed by atoms with Crippen LogP contribution in [-0.4, -0.2) is 25.0 Å². The third-order valence-corrected chi connectivity index (χ3v) is 5.42. The van der Waals surface area contributed by atoms with Crippen molar-refractivity contribution < 1.29 is 4.79 Å². The topological polar surface area (TPSA) is 107 Å². The molecule has 0 spiro atoms. The molecule has 0 bridgehead atoms. The third kappa shape index (κ3) is 4.33. The lowest BCUT2D eigenvalue weighted by Crippen LogP contribution is -2.20. The van der Waals surface area contributed by atoms with Crippen LogP contribution >= 0.6 is 23.4 Å². The van der Waals surface area contributed by atoms with Gasteiger partial charge in [-0.05, 0) is 29.7 Å². The number of carbonyl (C=O) groups is 1. The first kappa shape index (κ1) is 20.6. The summed E-state index contributed by atoms with van der Waals surface area (Å²) in [7, 11) is 3.54. The van der Waals surface area contributed by atoms with Crippen LogP contribution in [0, 0.1) is 22.7 Å². The van der Waals surface area contributed by atoms with Crippen LogP contribution in [0.4, 0.5) is 5.82 Å². The smallest absolute Gasteiger partial charge is 0.235 e. The highest BCUT2D eigenvalue weighted by molar-refractivity contribution is 8.00. The molecule has 1 aromatic carbocycles. The maximum atomic E-state index is 12.1. The molecular weight excluding hydrogens is 382 g/mol. The largest absolute Gasteiger partial charge is 0.368 e. The minimum Gasteiger partial charge on any atom is -0.368 e. The van der Waals surface area contributed by atoms with Gasteiger partial charge >= 0.3 is 0 Å². The minimum absolute atomic E-state index is 0.296. The number of hydrogen-bond acceptors (Lipinski definition) is 6. The molecule has 2 N–H and O–H groups in total. The predicted octanol–water partition coefficient (Wildman–Crippen LogP) is 3.43. The number of nitrogens with zero attached hydrogens (tertiary/aromatic N) is 4. The number of halogens is 1. The Morgan fingerprint density at radius 1 is 1.26 bits per heavy atom. The molecule has 2 rings (SSSR count). The summed E-state index contributed by atoms with van der Waals surface area (Å²) in [6.07, 6.45) is 0.491. The molecule has 0 aliphatic heterocycles. The Balaban J connectivity index is 2.64. The normalized spacial score (nSPS) is 11.3. The average molecular weight is 400 g/mol. The van der Waals surface area contributed by atoms with Crippen LogP contribution in [0.2, 0.25) is 5.02 Å². The van der Waals surface area contributed by atoms with Crippen molar-refractivity contribution in [1.82, 2.24) is 4.98 Å². The zero-order valence-corrected chi connectivity index (χ0v) is 16.7. The molecule has 0 radical (unpaired) electrons. The molecule has 1 aromatic heterocycles. The maximum Gasteiger partial charge on any atom is 0.235 e. The first-order valence-electron chi connectivity index (χ1n) is 8.09. The highest BCUT2D eigenvalue weighted by atomic mass is 35.5. The van der Waals surface area contributed by atoms with Gasteiger partial charge in [0.2, 0.25) is 5.91 Å². The van der Waals surface area contributed by atoms with E-state index in [9.17, 15) is 15.3 Å². The Bertz CT molecular complexity index is 945. The number of hydrogen-bond donors (Lipinski definition) is 1. The van der Waals surface area contributed by atoms with Crippen LogP contribution in [0.25, 0.3) is 0 Å². The first-order chi connectivity index (χ1) is 12.8. The number of primary amides is 1. The summed E-state index contributed by atoms with van der Waals surface area (Å²) in [5, 5.41) is 19.4. The summed E-state index contributed by atoms with van der Waals surface area (Å²) in [6, 6.07) is 11.1. The molecule has 27 heavy (non-hydrogen) atoms. The minimum atomic E-state index is -0.741. The highest BCUT2D eigenvalue weighted by Crippen LogP contribution is 2.39. The molecule has 0 aliphatic carbocycles. The highest BCUT2D eigenvalue weighted by Gasteiger charge is 2.26. The van der Waals surface area contributed by atoms with Crippen molar-refractivity contribution in [1.29, 1.82) is 10.5 Å². The third-order valence-electron chi connectivity index (χ3n) is 3.91. The van der Waals surface area contributed by atoms with E-state index in [-0.39, 0.29) is 0 Å². The molecule has 6 nitrogen and oxygen atoms in total. The van der Waals surface area contributed by atoms with Gasteiger partial charge in [-0.3, -0.25) is 4.79 Å². The Morgan fingerprint density at radius 2 is 1.85 bits per heavy atom. The van der Waals surface area contributed by atoms with Crippen LogP contribution < -0.4 is 10.6 Å². The monoisotopic (exact) mass is 399 g/mol. The zero-order chi connectivity index (χ0) is 20.1. The quantitative estimate of drug-likeness (QED) is 0.745. The number of carbonyl (C=O) groups excluding carboxylic acids is 1. The molecule has 1 atom stereocenters. The van der Waals surface area contributed by atoms with E-state index in [1.165, 1.54) is 0 Å². The molecule has 0 fully saturated rings. The van der Waals surface area contributed by atoms with Gasteiger partial charge in [0.05, 0.1) is 11.1 Å². The van der Waals surface area contributed by atoms with E-state index >= 15 is 0 Å². The van der Waals surface area contributed by atoms with E-state index < -0.39 is 11.2 Å². The fourth-order valence-electron chi connectivity index (χ4n) is 2.63. The number of thioether (sulfide) groups is 1. The molecular formula is C19H18ClN5OS.